The molecule has 0 saturated carbocycles. The molecule has 3 nitrogen and oxygen atoms in total. The smallest absolute Gasteiger partial charge is 0.339 e. The molecule has 4 heteroatoms. The average Bonchev–Trinajstić information content (AvgIpc) is 2.42. The summed E-state index contributed by atoms with van der Waals surface area (Å²) in [6, 6.07) is 10.6. The molecule has 0 aliphatic carbocycles. The van der Waals surface area contributed by atoms with E-state index in [0.29, 0.717) is 13.2 Å². The predicted octanol–water partition coefficient (Wildman–Crippen LogP) is 4.20. The summed E-state index contributed by atoms with van der Waals surface area (Å²) in [7, 11) is -1.07. The third-order valence-electron chi connectivity index (χ3n) is 2.86. The van der Waals surface area contributed by atoms with Crippen LogP contribution in [0, 0.1) is 0 Å². The average molecular weight is 306 g/mol. The Bertz CT molecular complexity index is 449. The molecule has 21 heavy (non-hydrogen) atoms. The van der Waals surface area contributed by atoms with Crippen LogP contribution < -0.4 is 0 Å². The molecule has 0 aliphatic heterocycles. The van der Waals surface area contributed by atoms with Gasteiger partial charge in [-0.25, -0.2) is 4.79 Å². The zero-order valence-electron chi connectivity index (χ0n) is 13.5. The van der Waals surface area contributed by atoms with E-state index in [2.05, 4.69) is 25.7 Å². The third-order valence-corrected chi connectivity index (χ3v) is 4.32. The lowest BCUT2D eigenvalue weighted by atomic mass is 10.1. The molecule has 1 rings (SSSR count). The normalized spacial score (nSPS) is 13.3. The summed E-state index contributed by atoms with van der Waals surface area (Å²) in [6.07, 6.45) is 3.50. The van der Waals surface area contributed by atoms with Crippen molar-refractivity contribution in [2.45, 2.75) is 38.7 Å². The predicted molar refractivity (Wildman–Crippen MR) is 89.1 cm³/mol. The van der Waals surface area contributed by atoms with Gasteiger partial charge in [-0.1, -0.05) is 62.1 Å². The number of allylic oxidation sites excluding steroid dienone is 1. The minimum atomic E-state index is -1.07. The van der Waals surface area contributed by atoms with Crippen molar-refractivity contribution in [1.29, 1.82) is 0 Å². The summed E-state index contributed by atoms with van der Waals surface area (Å²) < 4.78 is 10.8. The topological polar surface area (TPSA) is 35.5 Å². The highest BCUT2D eigenvalue weighted by Crippen LogP contribution is 2.19. The van der Waals surface area contributed by atoms with Crippen LogP contribution in [0.25, 0.3) is 0 Å². The Labute approximate surface area is 129 Å². The van der Waals surface area contributed by atoms with Crippen LogP contribution in [-0.2, 0) is 14.3 Å². The molecule has 116 valence electrons. The molecule has 0 radical (unpaired) electrons. The lowest BCUT2D eigenvalue weighted by Gasteiger charge is -2.16. The molecule has 0 fully saturated rings. The van der Waals surface area contributed by atoms with Gasteiger partial charge in [-0.3, -0.25) is 0 Å². The fourth-order valence-corrected chi connectivity index (χ4v) is 2.68. The maximum Gasteiger partial charge on any atom is 0.339 e. The quantitative estimate of drug-likeness (QED) is 0.410. The Morgan fingerprint density at radius 3 is 2.43 bits per heavy atom. The van der Waals surface area contributed by atoms with Crippen LogP contribution in [-0.4, -0.2) is 27.3 Å². The maximum atomic E-state index is 12.0. The van der Waals surface area contributed by atoms with E-state index in [1.807, 2.05) is 36.4 Å². The molecular formula is C17H26O3Si. The van der Waals surface area contributed by atoms with Crippen molar-refractivity contribution in [2.24, 2.45) is 0 Å². The van der Waals surface area contributed by atoms with Crippen LogP contribution in [0.4, 0.5) is 0 Å². The third kappa shape index (κ3) is 7.25. The number of rotatable bonds is 8. The van der Waals surface area contributed by atoms with E-state index >= 15 is 0 Å². The van der Waals surface area contributed by atoms with Crippen LogP contribution in [0.15, 0.2) is 42.5 Å². The zero-order chi connectivity index (χ0) is 15.7. The highest BCUT2D eigenvalue weighted by Gasteiger charge is 2.22. The van der Waals surface area contributed by atoms with Gasteiger partial charge < -0.3 is 9.47 Å². The van der Waals surface area contributed by atoms with Gasteiger partial charge in [-0.2, -0.15) is 0 Å². The lowest BCUT2D eigenvalue weighted by molar-refractivity contribution is -0.156. The molecule has 0 bridgehead atoms. The van der Waals surface area contributed by atoms with Crippen molar-refractivity contribution in [2.75, 3.05) is 13.2 Å². The van der Waals surface area contributed by atoms with Crippen molar-refractivity contribution >= 4 is 14.0 Å². The number of hydrogen-bond donors (Lipinski definition) is 0. The molecule has 1 unspecified atom stereocenters. The molecular weight excluding hydrogens is 280 g/mol. The molecule has 0 heterocycles. The number of carbonyl (C=O) groups excluding carboxylic acids is 1. The Hall–Kier alpha value is -1.39. The Balaban J connectivity index is 2.61. The van der Waals surface area contributed by atoms with Crippen LogP contribution >= 0.6 is 0 Å². The van der Waals surface area contributed by atoms with E-state index in [0.717, 1.165) is 11.6 Å². The van der Waals surface area contributed by atoms with Crippen molar-refractivity contribution in [3.05, 3.63) is 48.0 Å². The van der Waals surface area contributed by atoms with Crippen LogP contribution in [0.1, 0.15) is 18.6 Å². The van der Waals surface area contributed by atoms with Gasteiger partial charge in [0.15, 0.2) is 6.10 Å². The molecule has 0 aromatic heterocycles. The van der Waals surface area contributed by atoms with Gasteiger partial charge in [0.1, 0.15) is 0 Å². The van der Waals surface area contributed by atoms with Gasteiger partial charge in [0.2, 0.25) is 0 Å². The molecule has 0 N–H and O–H groups in total. The van der Waals surface area contributed by atoms with Crippen molar-refractivity contribution in [3.8, 4) is 0 Å². The summed E-state index contributed by atoms with van der Waals surface area (Å²) in [5, 5.41) is 0. The van der Waals surface area contributed by atoms with E-state index in [1.54, 1.807) is 6.92 Å². The summed E-state index contributed by atoms with van der Waals surface area (Å²) in [4.78, 5) is 12.0. The molecule has 0 aliphatic rings. The van der Waals surface area contributed by atoms with E-state index in [9.17, 15) is 4.79 Å². The standard InChI is InChI=1S/C17H26O3Si/c1-5-19-17(18)16(15-11-7-6-8-12-15)20-13-9-10-14-21(2,3)4/h6-12,16H,5,13-14H2,1-4H3/b10-9-. The van der Waals surface area contributed by atoms with E-state index in [-0.39, 0.29) is 5.97 Å². The van der Waals surface area contributed by atoms with Crippen LogP contribution in [0.3, 0.4) is 0 Å². The first-order valence-corrected chi connectivity index (χ1v) is 11.1. The van der Waals surface area contributed by atoms with Gasteiger partial charge >= 0.3 is 5.97 Å². The lowest BCUT2D eigenvalue weighted by Crippen LogP contribution is -2.19. The Morgan fingerprint density at radius 1 is 1.19 bits per heavy atom. The molecule has 1 aromatic rings. The van der Waals surface area contributed by atoms with Crippen molar-refractivity contribution < 1.29 is 14.3 Å². The fraction of sp³-hybridized carbons (Fsp3) is 0.471. The van der Waals surface area contributed by atoms with Crippen LogP contribution in [0.2, 0.25) is 25.7 Å². The molecule has 0 saturated heterocycles. The monoisotopic (exact) mass is 306 g/mol. The fourth-order valence-electron chi connectivity index (χ4n) is 1.80. The maximum absolute atomic E-state index is 12.0. The second-order valence-corrected chi connectivity index (χ2v) is 11.6. The zero-order valence-corrected chi connectivity index (χ0v) is 14.5. The minimum Gasteiger partial charge on any atom is -0.464 e. The van der Waals surface area contributed by atoms with E-state index < -0.39 is 14.2 Å². The number of hydrogen-bond acceptors (Lipinski definition) is 3. The van der Waals surface area contributed by atoms with E-state index in [1.165, 1.54) is 0 Å². The van der Waals surface area contributed by atoms with Gasteiger partial charge in [0.25, 0.3) is 0 Å². The molecule has 0 spiro atoms. The summed E-state index contributed by atoms with van der Waals surface area (Å²) in [6.45, 7) is 9.55. The second kappa shape index (κ2) is 8.80. The van der Waals surface area contributed by atoms with Gasteiger partial charge in [0.05, 0.1) is 13.2 Å². The van der Waals surface area contributed by atoms with E-state index in [4.69, 9.17) is 9.47 Å². The number of carbonyl (C=O) groups is 1. The molecule has 1 atom stereocenters. The first-order chi connectivity index (χ1) is 9.94. The van der Waals surface area contributed by atoms with Gasteiger partial charge in [-0.05, 0) is 18.5 Å². The van der Waals surface area contributed by atoms with Crippen molar-refractivity contribution in [3.63, 3.8) is 0 Å². The molecule has 1 aromatic carbocycles. The summed E-state index contributed by atoms with van der Waals surface area (Å²) >= 11 is 0. The Kier molecular flexibility index (Phi) is 7.40. The first-order valence-electron chi connectivity index (χ1n) is 7.42. The van der Waals surface area contributed by atoms with Crippen LogP contribution in [0.5, 0.6) is 0 Å². The molecule has 0 amide bonds. The number of ether oxygens (including phenoxy) is 2. The first kappa shape index (κ1) is 17.7. The second-order valence-electron chi connectivity index (χ2n) is 6.11. The largest absolute Gasteiger partial charge is 0.464 e. The summed E-state index contributed by atoms with van der Waals surface area (Å²) in [5.74, 6) is -0.331. The highest BCUT2D eigenvalue weighted by atomic mass is 28.3. The SMILES string of the molecule is CCOC(=O)C(OC/C=C\C[Si](C)(C)C)c1ccccc1. The minimum absolute atomic E-state index is 0.331. The number of esters is 1. The highest BCUT2D eigenvalue weighted by molar-refractivity contribution is 6.76. The van der Waals surface area contributed by atoms with Crippen molar-refractivity contribution in [1.82, 2.24) is 0 Å². The van der Waals surface area contributed by atoms with Gasteiger partial charge in [-0.15, -0.1) is 0 Å². The number of benzene rings is 1. The summed E-state index contributed by atoms with van der Waals surface area (Å²) in [5.41, 5.74) is 0.828. The Morgan fingerprint density at radius 2 is 1.86 bits per heavy atom. The van der Waals surface area contributed by atoms with Gasteiger partial charge in [0, 0.05) is 8.07 Å².